The van der Waals surface area contributed by atoms with Crippen molar-refractivity contribution in [3.63, 3.8) is 0 Å². The van der Waals surface area contributed by atoms with Crippen LogP contribution in [-0.4, -0.2) is 78.0 Å². The second kappa shape index (κ2) is 13.4. The molecule has 1 unspecified atom stereocenters. The maximum absolute atomic E-state index is 9.19. The standard InChI is InChI=1S/C14H21N3O3.2CH4O3S/c1-18-13-4-3-10(5-14(13)19-2)9-20-17-12-8-16-7-11(12)6-15;2*1-5(2,3)4/h3-5,11,16H,6-9,15H2,1-2H3;2*1H3,(H,2,3,4)/b17-12+;;. The molecule has 14 heteroatoms. The summed E-state index contributed by atoms with van der Waals surface area (Å²) in [4.78, 5) is 5.40. The van der Waals surface area contributed by atoms with Crippen molar-refractivity contribution < 1.29 is 40.3 Å². The molecule has 0 aliphatic carbocycles. The highest BCUT2D eigenvalue weighted by atomic mass is 32.2. The lowest BCUT2D eigenvalue weighted by atomic mass is 10.1. The van der Waals surface area contributed by atoms with E-state index in [-0.39, 0.29) is 5.92 Å². The van der Waals surface area contributed by atoms with Gasteiger partial charge in [-0.1, -0.05) is 11.2 Å². The van der Waals surface area contributed by atoms with Gasteiger partial charge in [0.05, 0.1) is 32.4 Å². The normalized spacial score (nSPS) is 17.3. The molecule has 0 saturated carbocycles. The summed E-state index contributed by atoms with van der Waals surface area (Å²) < 4.78 is 62.2. The van der Waals surface area contributed by atoms with Gasteiger partial charge in [0.1, 0.15) is 6.61 Å². The van der Waals surface area contributed by atoms with Gasteiger partial charge in [-0.25, -0.2) is 0 Å². The number of rotatable bonds is 6. The van der Waals surface area contributed by atoms with Gasteiger partial charge in [0.25, 0.3) is 20.2 Å². The first-order chi connectivity index (χ1) is 13.8. The Bertz CT molecular complexity index is 841. The summed E-state index contributed by atoms with van der Waals surface area (Å²) >= 11 is 0. The largest absolute Gasteiger partial charge is 0.493 e. The number of nitrogens with two attached hydrogens (primary N) is 1. The second-order valence-corrected chi connectivity index (χ2v) is 9.01. The molecule has 1 atom stereocenters. The number of nitrogens with one attached hydrogen (secondary N) is 1. The topological polar surface area (TPSA) is 187 Å². The van der Waals surface area contributed by atoms with Gasteiger partial charge in [-0.3, -0.25) is 9.11 Å². The zero-order chi connectivity index (χ0) is 23.4. The van der Waals surface area contributed by atoms with E-state index in [1.54, 1.807) is 14.2 Å². The third-order valence-corrected chi connectivity index (χ3v) is 3.31. The molecule has 12 nitrogen and oxygen atoms in total. The van der Waals surface area contributed by atoms with Crippen molar-refractivity contribution in [3.8, 4) is 11.5 Å². The zero-order valence-electron chi connectivity index (χ0n) is 17.2. The van der Waals surface area contributed by atoms with Crippen LogP contribution in [0.15, 0.2) is 23.4 Å². The van der Waals surface area contributed by atoms with Crippen LogP contribution >= 0.6 is 0 Å². The average molecular weight is 472 g/mol. The van der Waals surface area contributed by atoms with Crippen LogP contribution < -0.4 is 20.5 Å². The first-order valence-electron chi connectivity index (χ1n) is 8.43. The SMILES string of the molecule is COc1ccc(CO/N=C2\CNCC2CN)cc1OC.CS(=O)(=O)O.CS(=O)(=O)O. The van der Waals surface area contributed by atoms with E-state index in [2.05, 4.69) is 10.5 Å². The highest BCUT2D eigenvalue weighted by Gasteiger charge is 2.21. The van der Waals surface area contributed by atoms with Gasteiger partial charge in [-0.05, 0) is 17.7 Å². The van der Waals surface area contributed by atoms with E-state index in [4.69, 9.17) is 29.2 Å². The number of hydrogen-bond donors (Lipinski definition) is 4. The maximum atomic E-state index is 9.19. The summed E-state index contributed by atoms with van der Waals surface area (Å²) in [6.45, 7) is 2.59. The van der Waals surface area contributed by atoms with Gasteiger partial charge in [0, 0.05) is 25.6 Å². The van der Waals surface area contributed by atoms with Crippen molar-refractivity contribution >= 4 is 25.9 Å². The monoisotopic (exact) mass is 471 g/mol. The van der Waals surface area contributed by atoms with Crippen LogP contribution in [0.4, 0.5) is 0 Å². The Kier molecular flexibility index (Phi) is 12.5. The fraction of sp³-hybridized carbons (Fsp3) is 0.562. The molecule has 30 heavy (non-hydrogen) atoms. The molecule has 0 spiro atoms. The Morgan fingerprint density at radius 2 is 1.63 bits per heavy atom. The van der Waals surface area contributed by atoms with Crippen LogP contribution in [-0.2, 0) is 31.7 Å². The summed E-state index contributed by atoms with van der Waals surface area (Å²) in [7, 11) is -4.11. The minimum absolute atomic E-state index is 0.278. The summed E-state index contributed by atoms with van der Waals surface area (Å²) in [5, 5.41) is 7.40. The first kappa shape index (κ1) is 28.0. The van der Waals surface area contributed by atoms with E-state index in [9.17, 15) is 16.8 Å². The molecular weight excluding hydrogens is 442 g/mol. The quantitative estimate of drug-likeness (QED) is 0.317. The highest BCUT2D eigenvalue weighted by molar-refractivity contribution is 7.85. The molecule has 174 valence electrons. The molecule has 5 N–H and O–H groups in total. The fourth-order valence-corrected chi connectivity index (χ4v) is 2.12. The van der Waals surface area contributed by atoms with E-state index < -0.39 is 20.2 Å². The maximum Gasteiger partial charge on any atom is 0.261 e. The van der Waals surface area contributed by atoms with Gasteiger partial charge in [-0.15, -0.1) is 0 Å². The highest BCUT2D eigenvalue weighted by Crippen LogP contribution is 2.27. The Hall–Kier alpha value is -1.97. The van der Waals surface area contributed by atoms with Crippen molar-refractivity contribution in [3.05, 3.63) is 23.8 Å². The van der Waals surface area contributed by atoms with Gasteiger partial charge in [0.2, 0.25) is 0 Å². The van der Waals surface area contributed by atoms with Crippen molar-refractivity contribution in [1.29, 1.82) is 0 Å². The van der Waals surface area contributed by atoms with Crippen LogP contribution in [0.25, 0.3) is 0 Å². The lowest BCUT2D eigenvalue weighted by molar-refractivity contribution is 0.129. The Labute approximate surface area is 176 Å². The number of benzene rings is 1. The third-order valence-electron chi connectivity index (χ3n) is 3.31. The molecule has 2 rings (SSSR count). The molecule has 1 aliphatic rings. The second-order valence-electron chi connectivity index (χ2n) is 6.07. The molecule has 1 heterocycles. The Morgan fingerprint density at radius 1 is 1.10 bits per heavy atom. The lowest BCUT2D eigenvalue weighted by Gasteiger charge is -2.09. The average Bonchev–Trinajstić information content (AvgIpc) is 3.06. The van der Waals surface area contributed by atoms with Gasteiger partial charge in [0.15, 0.2) is 11.5 Å². The van der Waals surface area contributed by atoms with Crippen molar-refractivity contribution in [2.24, 2.45) is 16.8 Å². The fourth-order valence-electron chi connectivity index (χ4n) is 2.12. The number of ether oxygens (including phenoxy) is 2. The minimum Gasteiger partial charge on any atom is -0.493 e. The van der Waals surface area contributed by atoms with Gasteiger partial charge >= 0.3 is 0 Å². The molecule has 0 radical (unpaired) electrons. The molecule has 0 bridgehead atoms. The first-order valence-corrected chi connectivity index (χ1v) is 12.1. The Morgan fingerprint density at radius 3 is 2.10 bits per heavy atom. The van der Waals surface area contributed by atoms with Gasteiger partial charge in [-0.2, -0.15) is 16.8 Å². The van der Waals surface area contributed by atoms with Crippen LogP contribution in [0.1, 0.15) is 5.56 Å². The zero-order valence-corrected chi connectivity index (χ0v) is 18.9. The predicted octanol–water partition coefficient (Wildman–Crippen LogP) is -0.237. The van der Waals surface area contributed by atoms with Gasteiger partial charge < -0.3 is 25.4 Å². The number of oxime groups is 1. The van der Waals surface area contributed by atoms with E-state index in [0.29, 0.717) is 37.2 Å². The van der Waals surface area contributed by atoms with E-state index >= 15 is 0 Å². The van der Waals surface area contributed by atoms with Crippen LogP contribution in [0.3, 0.4) is 0 Å². The Balaban J connectivity index is 0.000000702. The van der Waals surface area contributed by atoms with Crippen molar-refractivity contribution in [2.75, 3.05) is 46.4 Å². The van der Waals surface area contributed by atoms with Crippen LogP contribution in [0.5, 0.6) is 11.5 Å². The van der Waals surface area contributed by atoms with Crippen LogP contribution in [0, 0.1) is 5.92 Å². The molecule has 1 aliphatic heterocycles. The third kappa shape index (κ3) is 14.9. The molecule has 0 amide bonds. The van der Waals surface area contributed by atoms with E-state index in [1.807, 2.05) is 18.2 Å². The molecule has 1 saturated heterocycles. The molecule has 0 aromatic heterocycles. The summed E-state index contributed by atoms with van der Waals surface area (Å²) in [6, 6.07) is 5.66. The van der Waals surface area contributed by atoms with E-state index in [0.717, 1.165) is 24.4 Å². The lowest BCUT2D eigenvalue weighted by Crippen LogP contribution is -2.22. The predicted molar refractivity (Wildman–Crippen MR) is 112 cm³/mol. The van der Waals surface area contributed by atoms with E-state index in [1.165, 1.54) is 0 Å². The molecule has 1 aromatic carbocycles. The van der Waals surface area contributed by atoms with Crippen LogP contribution in [0.2, 0.25) is 0 Å². The number of methoxy groups -OCH3 is 2. The smallest absolute Gasteiger partial charge is 0.261 e. The summed E-state index contributed by atoms with van der Waals surface area (Å²) in [5.41, 5.74) is 7.62. The molecular formula is C16H29N3O9S2. The number of nitrogens with zero attached hydrogens (tertiary/aromatic N) is 1. The van der Waals surface area contributed by atoms with Crippen molar-refractivity contribution in [1.82, 2.24) is 5.32 Å². The number of hydrogen-bond acceptors (Lipinski definition) is 10. The molecule has 1 aromatic rings. The summed E-state index contributed by atoms with van der Waals surface area (Å²) in [5.74, 6) is 1.66. The molecule has 1 fully saturated rings. The minimum atomic E-state index is -3.67. The van der Waals surface area contributed by atoms with Crippen molar-refractivity contribution in [2.45, 2.75) is 6.61 Å². The summed E-state index contributed by atoms with van der Waals surface area (Å²) in [6.07, 6.45) is 1.43.